The zero-order chi connectivity index (χ0) is 64.1. The van der Waals surface area contributed by atoms with Crippen LogP contribution in [0.1, 0.15) is 42.8 Å². The van der Waals surface area contributed by atoms with Gasteiger partial charge in [0.15, 0.2) is 0 Å². The predicted octanol–water partition coefficient (Wildman–Crippen LogP) is 16.7. The van der Waals surface area contributed by atoms with Crippen LogP contribution in [-0.4, -0.2) is 11.3 Å². The fourth-order valence-corrected chi connectivity index (χ4v) is 13.6. The number of benzene rings is 12. The summed E-state index contributed by atoms with van der Waals surface area (Å²) in [4.78, 5) is 5.64. The Hall–Kier alpha value is -10.1. The highest BCUT2D eigenvalue weighted by molar-refractivity contribution is 7.00. The van der Waals surface area contributed by atoms with Gasteiger partial charge >= 0.3 is 0 Å². The van der Waals surface area contributed by atoms with Crippen LogP contribution in [0.15, 0.2) is 285 Å². The van der Waals surface area contributed by atoms with Gasteiger partial charge in [-0.15, -0.1) is 0 Å². The second kappa shape index (κ2) is 16.5. The molecule has 4 nitrogen and oxygen atoms in total. The van der Waals surface area contributed by atoms with E-state index in [1.54, 1.807) is 16.7 Å². The molecule has 362 valence electrons. The van der Waals surface area contributed by atoms with Crippen LogP contribution in [0.25, 0.3) is 49.7 Å². The lowest BCUT2D eigenvalue weighted by Crippen LogP contribution is -2.61. The Bertz CT molecular complexity index is 5350. The van der Waals surface area contributed by atoms with Crippen LogP contribution < -0.4 is 31.1 Å². The molecule has 0 saturated heterocycles. The largest absolute Gasteiger partial charge is 0.311 e. The number of hydrogen-bond donors (Lipinski definition) is 0. The van der Waals surface area contributed by atoms with Crippen LogP contribution in [-0.2, 0) is 5.41 Å². The van der Waals surface area contributed by atoms with Crippen LogP contribution in [0.3, 0.4) is 0 Å². The Kier molecular flexibility index (Phi) is 6.55. The van der Waals surface area contributed by atoms with Crippen molar-refractivity contribution in [3.05, 3.63) is 307 Å². The van der Waals surface area contributed by atoms with Crippen LogP contribution in [0.4, 0.5) is 51.2 Å². The molecule has 5 heteroatoms. The Balaban J connectivity index is 0.957. The summed E-state index contributed by atoms with van der Waals surface area (Å²) in [7, 11) is 0. The molecule has 12 aromatic carbocycles. The molecular formula is C73H47BN4. The molecule has 1 spiro atoms. The highest BCUT2D eigenvalue weighted by Gasteiger charge is 2.53. The average molecular weight is 1010 g/mol. The van der Waals surface area contributed by atoms with Crippen molar-refractivity contribution in [3.63, 3.8) is 0 Å². The molecule has 17 rings (SSSR count). The number of para-hydroxylation sites is 5. The van der Waals surface area contributed by atoms with Crippen molar-refractivity contribution in [1.29, 1.82) is 0 Å². The van der Waals surface area contributed by atoms with Crippen LogP contribution in [0, 0.1) is 0 Å². The smallest absolute Gasteiger partial charge is 0.252 e. The monoisotopic (exact) mass is 1010 g/mol. The molecule has 0 radical (unpaired) electrons. The van der Waals surface area contributed by atoms with E-state index in [1.165, 1.54) is 32.7 Å². The van der Waals surface area contributed by atoms with Gasteiger partial charge in [-0.05, 0) is 152 Å². The topological polar surface area (TPSA) is 14.7 Å². The van der Waals surface area contributed by atoms with Crippen molar-refractivity contribution in [2.45, 2.75) is 5.41 Å². The van der Waals surface area contributed by atoms with Gasteiger partial charge in [0, 0.05) is 67.5 Å². The lowest BCUT2D eigenvalue weighted by Gasteiger charge is -2.44. The van der Waals surface area contributed by atoms with Crippen LogP contribution in [0.2, 0.25) is 0 Å². The summed E-state index contributed by atoms with van der Waals surface area (Å²) in [6, 6.07) is 56.9. The molecule has 0 amide bonds. The van der Waals surface area contributed by atoms with E-state index in [0.717, 1.165) is 61.2 Å². The molecule has 0 unspecified atom stereocenters. The molecular weight excluding hydrogens is 944 g/mol. The fourth-order valence-electron chi connectivity index (χ4n) is 13.6. The minimum Gasteiger partial charge on any atom is -0.311 e. The van der Waals surface area contributed by atoms with Crippen molar-refractivity contribution in [3.8, 4) is 27.9 Å². The zero-order valence-corrected chi connectivity index (χ0v) is 41.3. The van der Waals surface area contributed by atoms with E-state index in [2.05, 4.69) is 119 Å². The quantitative estimate of drug-likeness (QED) is 0.154. The first-order chi connectivity index (χ1) is 45.0. The lowest BCUT2D eigenvalue weighted by molar-refractivity contribution is 0.794. The van der Waals surface area contributed by atoms with Gasteiger partial charge in [-0.25, -0.2) is 0 Å². The van der Waals surface area contributed by atoms with Gasteiger partial charge in [0.1, 0.15) is 0 Å². The molecule has 2 aliphatic carbocycles. The summed E-state index contributed by atoms with van der Waals surface area (Å²) in [5, 5.41) is 1.39. The van der Waals surface area contributed by atoms with E-state index >= 15 is 0 Å². The van der Waals surface area contributed by atoms with Gasteiger partial charge in [0.05, 0.1) is 42.7 Å². The summed E-state index contributed by atoms with van der Waals surface area (Å²) in [5.41, 5.74) is 16.3. The van der Waals surface area contributed by atoms with E-state index in [1.807, 2.05) is 72.8 Å². The Labute approximate surface area is 474 Å². The third-order valence-corrected chi connectivity index (χ3v) is 16.4. The second-order valence-corrected chi connectivity index (χ2v) is 20.0. The third-order valence-electron chi connectivity index (χ3n) is 16.4. The summed E-state index contributed by atoms with van der Waals surface area (Å²) in [6.45, 7) is -0.502. The molecule has 0 atom stereocenters. The Morgan fingerprint density at radius 2 is 0.897 bits per heavy atom. The Morgan fingerprint density at radius 1 is 0.359 bits per heavy atom. The van der Waals surface area contributed by atoms with Crippen molar-refractivity contribution in [2.24, 2.45) is 0 Å². The Morgan fingerprint density at radius 3 is 1.63 bits per heavy atom. The SMILES string of the molecule is [2H]c1c([2H])c([2H])c(N(c2ccc3c(c2)N(c2ccc4c(c2)c2ccccc2n4-c2c([2H])c([2H])c([2H])c([2H])c2[2H])c2cccc4c2B3c2ccccc2N4c2cccc3c2-c2ccccc2C32c3ccccc3-c3ccccc32)c2c([2H])c([2H])c([2H])c([2H])c2[2H])c([2H])c1[2H]. The molecule has 4 aliphatic rings. The van der Waals surface area contributed by atoms with Crippen molar-refractivity contribution in [2.75, 3.05) is 14.7 Å². The number of anilines is 9. The third kappa shape index (κ3) is 5.79. The first-order valence-electron chi connectivity index (χ1n) is 33.4. The summed E-state index contributed by atoms with van der Waals surface area (Å²) < 4.78 is 136. The molecule has 2 aliphatic heterocycles. The maximum atomic E-state index is 9.41. The van der Waals surface area contributed by atoms with Gasteiger partial charge < -0.3 is 19.3 Å². The van der Waals surface area contributed by atoms with Gasteiger partial charge in [0.2, 0.25) is 0 Å². The van der Waals surface area contributed by atoms with Crippen molar-refractivity contribution in [1.82, 2.24) is 4.57 Å². The minimum atomic E-state index is -0.690. The van der Waals surface area contributed by atoms with Crippen LogP contribution >= 0.6 is 0 Å². The predicted molar refractivity (Wildman–Crippen MR) is 326 cm³/mol. The normalized spacial score (nSPS) is 16.4. The van der Waals surface area contributed by atoms with E-state index < -0.39 is 102 Å². The summed E-state index contributed by atoms with van der Waals surface area (Å²) in [5.74, 6) is 0. The van der Waals surface area contributed by atoms with E-state index in [-0.39, 0.29) is 23.5 Å². The van der Waals surface area contributed by atoms with Crippen LogP contribution in [0.5, 0.6) is 0 Å². The van der Waals surface area contributed by atoms with E-state index in [9.17, 15) is 8.22 Å². The molecule has 1 aromatic heterocycles. The highest BCUT2D eigenvalue weighted by atomic mass is 15.2. The van der Waals surface area contributed by atoms with E-state index in [4.69, 9.17) is 12.3 Å². The first kappa shape index (κ1) is 31.1. The minimum absolute atomic E-state index is 0.0192. The molecule has 0 fully saturated rings. The molecule has 0 bridgehead atoms. The maximum absolute atomic E-state index is 9.41. The molecule has 3 heterocycles. The number of rotatable bonds is 6. The number of fused-ring (bicyclic) bond motifs is 17. The standard InChI is InChI=1S/C73H47BN4/c1-4-22-48(23-5-1)75(49-24-6-2-7-25-49)52-42-44-63-70(47-52)77(51-43-45-65-57(46-51)55-30-13-18-37-64(55)76(65)50-26-8-3-9-27-50)68-40-21-41-69-72(68)74(63)62-36-17-19-38-66(62)78(69)67-39-20-35-61-71(67)56-31-12-16-34-60(56)73(61)58-32-14-10-28-53(58)54-29-11-15-33-59(54)73/h1-47H/i1D,2D,3D,4D,5D,6D,7D,8D,9D,22D,23D,24D,25D,26D,27D. The van der Waals surface area contributed by atoms with Gasteiger partial charge in [0.25, 0.3) is 6.71 Å². The fraction of sp³-hybridized carbons (Fsp3) is 0.0137. The second-order valence-electron chi connectivity index (χ2n) is 20.0. The van der Waals surface area contributed by atoms with Gasteiger partial charge in [-0.1, -0.05) is 188 Å². The molecule has 13 aromatic rings. The summed E-state index contributed by atoms with van der Waals surface area (Å²) >= 11 is 0. The number of hydrogen-bond acceptors (Lipinski definition) is 3. The van der Waals surface area contributed by atoms with E-state index in [0.29, 0.717) is 27.8 Å². The first-order valence-corrected chi connectivity index (χ1v) is 25.9. The molecule has 0 N–H and O–H groups in total. The van der Waals surface area contributed by atoms with Gasteiger partial charge in [-0.2, -0.15) is 0 Å². The number of nitrogens with zero attached hydrogens (tertiary/aromatic N) is 4. The van der Waals surface area contributed by atoms with Gasteiger partial charge in [-0.3, -0.25) is 0 Å². The highest BCUT2D eigenvalue weighted by Crippen LogP contribution is 2.65. The van der Waals surface area contributed by atoms with Crippen molar-refractivity contribution < 1.29 is 20.6 Å². The van der Waals surface area contributed by atoms with Crippen molar-refractivity contribution >= 4 is 96.1 Å². The number of aromatic nitrogens is 1. The lowest BCUT2D eigenvalue weighted by atomic mass is 9.33. The zero-order valence-electron chi connectivity index (χ0n) is 56.3. The average Bonchev–Trinajstić information content (AvgIpc) is 1.61. The summed E-state index contributed by atoms with van der Waals surface area (Å²) in [6.07, 6.45) is 0. The molecule has 0 saturated carbocycles. The molecule has 78 heavy (non-hydrogen) atoms. The maximum Gasteiger partial charge on any atom is 0.252 e.